The molecule has 0 fully saturated rings. The van der Waals surface area contributed by atoms with E-state index in [0.29, 0.717) is 10.8 Å². The molecule has 0 saturated heterocycles. The lowest BCUT2D eigenvalue weighted by molar-refractivity contribution is -0.118. The number of hydrogen-bond acceptors (Lipinski definition) is 2. The molecule has 0 atom stereocenters. The number of amides is 1. The number of benzene rings is 2. The molecule has 0 heterocycles. The Labute approximate surface area is 150 Å². The van der Waals surface area contributed by atoms with Crippen LogP contribution in [-0.2, 0) is 11.2 Å². The molecule has 2 aromatic rings. The number of hydrogen-bond donors (Lipinski definition) is 1. The summed E-state index contributed by atoms with van der Waals surface area (Å²) in [5, 5.41) is 3.41. The molecule has 0 aliphatic rings. The van der Waals surface area contributed by atoms with E-state index in [2.05, 4.69) is 28.2 Å². The highest BCUT2D eigenvalue weighted by Gasteiger charge is 2.07. The van der Waals surface area contributed by atoms with Crippen LogP contribution in [0.4, 0.5) is 5.69 Å². The normalized spacial score (nSPS) is 10.4. The molecule has 2 aromatic carbocycles. The van der Waals surface area contributed by atoms with E-state index in [1.165, 1.54) is 5.56 Å². The molecule has 0 radical (unpaired) electrons. The Hall–Kier alpha value is -1.52. The van der Waals surface area contributed by atoms with E-state index in [4.69, 9.17) is 16.3 Å². The van der Waals surface area contributed by atoms with Crippen LogP contribution in [0.1, 0.15) is 25.3 Å². The molecule has 5 heteroatoms. The zero-order chi connectivity index (χ0) is 16.7. The summed E-state index contributed by atoms with van der Waals surface area (Å²) in [7, 11) is 0. The molecule has 0 saturated carbocycles. The summed E-state index contributed by atoms with van der Waals surface area (Å²) in [5.41, 5.74) is 2.00. The van der Waals surface area contributed by atoms with Crippen molar-refractivity contribution in [2.24, 2.45) is 0 Å². The second-order valence-electron chi connectivity index (χ2n) is 5.21. The van der Waals surface area contributed by atoms with Crippen molar-refractivity contribution in [1.29, 1.82) is 0 Å². The minimum atomic E-state index is -0.216. The summed E-state index contributed by atoms with van der Waals surface area (Å²) in [6.45, 7) is 2.11. The van der Waals surface area contributed by atoms with Gasteiger partial charge in [-0.1, -0.05) is 37.1 Å². The van der Waals surface area contributed by atoms with Gasteiger partial charge in [0.25, 0.3) is 5.91 Å². The Morgan fingerprint density at radius 2 is 2.09 bits per heavy atom. The second-order valence-corrected chi connectivity index (χ2v) is 6.50. The summed E-state index contributed by atoms with van der Waals surface area (Å²) in [4.78, 5) is 12.0. The fourth-order valence-electron chi connectivity index (χ4n) is 2.09. The van der Waals surface area contributed by atoms with Crippen molar-refractivity contribution >= 4 is 39.1 Å². The first-order chi connectivity index (χ1) is 11.1. The van der Waals surface area contributed by atoms with Gasteiger partial charge in [-0.05, 0) is 64.7 Å². The predicted molar refractivity (Wildman–Crippen MR) is 98.3 cm³/mol. The monoisotopic (exact) mass is 395 g/mol. The standard InChI is InChI=1S/C18H19BrClNO2/c1-2-3-5-13-8-9-17(16(19)10-13)21-18(22)12-23-15-7-4-6-14(20)11-15/h4,6-11H,2-3,5,12H2,1H3,(H,21,22). The maximum absolute atomic E-state index is 12.0. The largest absolute Gasteiger partial charge is 0.484 e. The SMILES string of the molecule is CCCCc1ccc(NC(=O)COc2cccc(Cl)c2)c(Br)c1. The van der Waals surface area contributed by atoms with Crippen LogP contribution < -0.4 is 10.1 Å². The quantitative estimate of drug-likeness (QED) is 0.674. The topological polar surface area (TPSA) is 38.3 Å². The number of rotatable bonds is 7. The van der Waals surface area contributed by atoms with E-state index in [1.807, 2.05) is 18.2 Å². The van der Waals surface area contributed by atoms with Crippen molar-refractivity contribution in [1.82, 2.24) is 0 Å². The molecular formula is C18H19BrClNO2. The fraction of sp³-hybridized carbons (Fsp3) is 0.278. The van der Waals surface area contributed by atoms with Crippen LogP contribution in [0, 0.1) is 0 Å². The van der Waals surface area contributed by atoms with Gasteiger partial charge in [-0.25, -0.2) is 0 Å². The van der Waals surface area contributed by atoms with E-state index in [9.17, 15) is 4.79 Å². The molecule has 3 nitrogen and oxygen atoms in total. The van der Waals surface area contributed by atoms with Gasteiger partial charge in [0, 0.05) is 9.50 Å². The number of halogens is 2. The lowest BCUT2D eigenvalue weighted by Gasteiger charge is -2.10. The maximum atomic E-state index is 12.0. The number of carbonyl (C=O) groups is 1. The molecule has 23 heavy (non-hydrogen) atoms. The summed E-state index contributed by atoms with van der Waals surface area (Å²) in [6.07, 6.45) is 3.36. The second kappa shape index (κ2) is 8.94. The van der Waals surface area contributed by atoms with Gasteiger partial charge in [0.1, 0.15) is 5.75 Å². The predicted octanol–water partition coefficient (Wildman–Crippen LogP) is 5.46. The van der Waals surface area contributed by atoms with Crippen LogP contribution >= 0.6 is 27.5 Å². The molecule has 0 aromatic heterocycles. The third kappa shape index (κ3) is 5.88. The van der Waals surface area contributed by atoms with Crippen LogP contribution in [0.3, 0.4) is 0 Å². The number of ether oxygens (including phenoxy) is 1. The molecule has 0 aliphatic heterocycles. The smallest absolute Gasteiger partial charge is 0.262 e. The third-order valence-corrected chi connectivity index (χ3v) is 4.18. The number of unbranched alkanes of at least 4 members (excludes halogenated alkanes) is 1. The number of nitrogens with one attached hydrogen (secondary N) is 1. The number of carbonyl (C=O) groups excluding carboxylic acids is 1. The first-order valence-electron chi connectivity index (χ1n) is 7.55. The van der Waals surface area contributed by atoms with Crippen molar-refractivity contribution in [2.45, 2.75) is 26.2 Å². The number of anilines is 1. The summed E-state index contributed by atoms with van der Waals surface area (Å²) >= 11 is 9.38. The van der Waals surface area contributed by atoms with Crippen molar-refractivity contribution in [3.05, 3.63) is 57.5 Å². The Morgan fingerprint density at radius 1 is 1.26 bits per heavy atom. The molecular weight excluding hydrogens is 378 g/mol. The molecule has 2 rings (SSSR count). The van der Waals surface area contributed by atoms with Crippen molar-refractivity contribution < 1.29 is 9.53 Å². The fourth-order valence-corrected chi connectivity index (χ4v) is 2.79. The van der Waals surface area contributed by atoms with Crippen LogP contribution in [0.2, 0.25) is 5.02 Å². The van der Waals surface area contributed by atoms with E-state index >= 15 is 0 Å². The van der Waals surface area contributed by atoms with E-state index < -0.39 is 0 Å². The minimum Gasteiger partial charge on any atom is -0.484 e. The lowest BCUT2D eigenvalue weighted by atomic mass is 10.1. The minimum absolute atomic E-state index is 0.0651. The number of aryl methyl sites for hydroxylation is 1. The first kappa shape index (κ1) is 17.8. The average Bonchev–Trinajstić information content (AvgIpc) is 2.53. The Kier molecular flexibility index (Phi) is 6.93. The zero-order valence-corrected chi connectivity index (χ0v) is 15.3. The van der Waals surface area contributed by atoms with Gasteiger partial charge >= 0.3 is 0 Å². The first-order valence-corrected chi connectivity index (χ1v) is 8.72. The summed E-state index contributed by atoms with van der Waals surface area (Å²) in [5.74, 6) is 0.355. The van der Waals surface area contributed by atoms with E-state index in [1.54, 1.807) is 24.3 Å². The molecule has 0 unspecified atom stereocenters. The van der Waals surface area contributed by atoms with Gasteiger partial charge in [0.2, 0.25) is 0 Å². The van der Waals surface area contributed by atoms with Crippen molar-refractivity contribution in [3.8, 4) is 5.75 Å². The Balaban J connectivity index is 1.89. The zero-order valence-electron chi connectivity index (χ0n) is 12.9. The average molecular weight is 397 g/mol. The van der Waals surface area contributed by atoms with Crippen LogP contribution in [-0.4, -0.2) is 12.5 Å². The molecule has 0 bridgehead atoms. The van der Waals surface area contributed by atoms with Crippen molar-refractivity contribution in [3.63, 3.8) is 0 Å². The van der Waals surface area contributed by atoms with Gasteiger partial charge in [-0.2, -0.15) is 0 Å². The Bertz CT molecular complexity index is 676. The van der Waals surface area contributed by atoms with Gasteiger partial charge in [0.15, 0.2) is 6.61 Å². The summed E-state index contributed by atoms with van der Waals surface area (Å²) < 4.78 is 6.30. The van der Waals surface area contributed by atoms with Gasteiger partial charge in [0.05, 0.1) is 5.69 Å². The van der Waals surface area contributed by atoms with E-state index in [-0.39, 0.29) is 12.5 Å². The van der Waals surface area contributed by atoms with Crippen LogP contribution in [0.5, 0.6) is 5.75 Å². The van der Waals surface area contributed by atoms with Gasteiger partial charge in [-0.15, -0.1) is 0 Å². The molecule has 1 N–H and O–H groups in total. The van der Waals surface area contributed by atoms with Gasteiger partial charge < -0.3 is 10.1 Å². The summed E-state index contributed by atoms with van der Waals surface area (Å²) in [6, 6.07) is 13.0. The van der Waals surface area contributed by atoms with E-state index in [0.717, 1.165) is 29.4 Å². The molecule has 0 aliphatic carbocycles. The van der Waals surface area contributed by atoms with Gasteiger partial charge in [-0.3, -0.25) is 4.79 Å². The third-order valence-electron chi connectivity index (χ3n) is 3.29. The highest BCUT2D eigenvalue weighted by Crippen LogP contribution is 2.24. The van der Waals surface area contributed by atoms with Crippen LogP contribution in [0.25, 0.3) is 0 Å². The van der Waals surface area contributed by atoms with Crippen molar-refractivity contribution in [2.75, 3.05) is 11.9 Å². The molecule has 0 spiro atoms. The molecule has 1 amide bonds. The molecule has 122 valence electrons. The van der Waals surface area contributed by atoms with Crippen LogP contribution in [0.15, 0.2) is 46.9 Å². The highest BCUT2D eigenvalue weighted by atomic mass is 79.9. The highest BCUT2D eigenvalue weighted by molar-refractivity contribution is 9.10. The maximum Gasteiger partial charge on any atom is 0.262 e. The Morgan fingerprint density at radius 3 is 2.78 bits per heavy atom. The lowest BCUT2D eigenvalue weighted by Crippen LogP contribution is -2.20.